The lowest BCUT2D eigenvalue weighted by molar-refractivity contribution is -0.131. The lowest BCUT2D eigenvalue weighted by atomic mass is 10.1. The molecule has 4 rings (SSSR count). The highest BCUT2D eigenvalue weighted by atomic mass is 32.2. The van der Waals surface area contributed by atoms with Crippen molar-refractivity contribution < 1.29 is 23.9 Å². The van der Waals surface area contributed by atoms with Crippen LogP contribution in [0.15, 0.2) is 53.4 Å². The molecule has 30 heavy (non-hydrogen) atoms. The minimum Gasteiger partial charge on any atom is -0.454 e. The van der Waals surface area contributed by atoms with Gasteiger partial charge >= 0.3 is 6.03 Å². The van der Waals surface area contributed by atoms with Crippen molar-refractivity contribution in [1.82, 2.24) is 15.5 Å². The fraction of sp³-hybridized carbons (Fsp3) is 0.286. The molecule has 2 aromatic carbocycles. The van der Waals surface area contributed by atoms with E-state index in [0.29, 0.717) is 18.0 Å². The molecule has 1 atom stereocenters. The predicted octanol–water partition coefficient (Wildman–Crippen LogP) is 2.13. The summed E-state index contributed by atoms with van der Waals surface area (Å²) in [7, 11) is 0. The molecule has 0 radical (unpaired) electrons. The van der Waals surface area contributed by atoms with E-state index in [0.717, 1.165) is 21.1 Å². The number of rotatable bonds is 8. The fourth-order valence-electron chi connectivity index (χ4n) is 3.22. The normalized spacial score (nSPS) is 17.2. The molecule has 2 N–H and O–H groups in total. The van der Waals surface area contributed by atoms with Crippen molar-refractivity contribution in [2.75, 3.05) is 19.1 Å². The molecule has 4 amide bonds. The molecular formula is C21H21N3O5S. The zero-order valence-corrected chi connectivity index (χ0v) is 16.9. The number of hydrogen-bond acceptors (Lipinski definition) is 6. The van der Waals surface area contributed by atoms with Crippen LogP contribution in [-0.2, 0) is 16.1 Å². The van der Waals surface area contributed by atoms with Gasteiger partial charge in [-0.1, -0.05) is 24.3 Å². The topological polar surface area (TPSA) is 97.0 Å². The van der Waals surface area contributed by atoms with Gasteiger partial charge in [0.15, 0.2) is 11.5 Å². The number of nitrogens with one attached hydrogen (secondary N) is 2. The fourth-order valence-corrected chi connectivity index (χ4v) is 4.01. The maximum Gasteiger partial charge on any atom is 0.325 e. The van der Waals surface area contributed by atoms with Crippen LogP contribution in [0.5, 0.6) is 11.5 Å². The first kappa shape index (κ1) is 20.1. The number of hydrogen-bond donors (Lipinski definition) is 2. The Morgan fingerprint density at radius 3 is 2.77 bits per heavy atom. The number of carbonyl (C=O) groups is 3. The van der Waals surface area contributed by atoms with Gasteiger partial charge in [-0.05, 0) is 29.8 Å². The number of nitrogens with zero attached hydrogens (tertiary/aromatic N) is 1. The SMILES string of the molecule is O=C(C[C@H]1NC(=O)N(Cc2ccc3c(c2)OCO3)C1=O)NCCSc1ccccc1. The Hall–Kier alpha value is -3.20. The van der Waals surface area contributed by atoms with E-state index in [1.165, 1.54) is 0 Å². The van der Waals surface area contributed by atoms with Gasteiger partial charge in [-0.3, -0.25) is 14.5 Å². The van der Waals surface area contributed by atoms with E-state index in [4.69, 9.17) is 9.47 Å². The second-order valence-electron chi connectivity index (χ2n) is 6.83. The van der Waals surface area contributed by atoms with Gasteiger partial charge in [-0.15, -0.1) is 11.8 Å². The van der Waals surface area contributed by atoms with Crippen molar-refractivity contribution >= 4 is 29.6 Å². The van der Waals surface area contributed by atoms with E-state index in [2.05, 4.69) is 10.6 Å². The second-order valence-corrected chi connectivity index (χ2v) is 8.00. The minimum atomic E-state index is -0.853. The molecule has 0 saturated carbocycles. The molecule has 2 aromatic rings. The van der Waals surface area contributed by atoms with Crippen LogP contribution in [-0.4, -0.2) is 47.9 Å². The van der Waals surface area contributed by atoms with E-state index < -0.39 is 18.0 Å². The molecule has 0 aromatic heterocycles. The first-order valence-corrected chi connectivity index (χ1v) is 10.5. The summed E-state index contributed by atoms with van der Waals surface area (Å²) in [4.78, 5) is 39.3. The summed E-state index contributed by atoms with van der Waals surface area (Å²) >= 11 is 1.64. The molecule has 0 unspecified atom stereocenters. The highest BCUT2D eigenvalue weighted by Crippen LogP contribution is 2.33. The van der Waals surface area contributed by atoms with Crippen LogP contribution in [0.25, 0.3) is 0 Å². The predicted molar refractivity (Wildman–Crippen MR) is 110 cm³/mol. The van der Waals surface area contributed by atoms with Gasteiger partial charge in [0.2, 0.25) is 12.7 Å². The molecule has 2 aliphatic rings. The number of imide groups is 1. The van der Waals surface area contributed by atoms with Gasteiger partial charge in [-0.2, -0.15) is 0 Å². The summed E-state index contributed by atoms with van der Waals surface area (Å²) < 4.78 is 10.6. The van der Waals surface area contributed by atoms with Crippen molar-refractivity contribution in [1.29, 1.82) is 0 Å². The van der Waals surface area contributed by atoms with Crippen molar-refractivity contribution in [2.24, 2.45) is 0 Å². The van der Waals surface area contributed by atoms with Gasteiger partial charge in [0, 0.05) is 17.2 Å². The molecule has 0 spiro atoms. The quantitative estimate of drug-likeness (QED) is 0.381. The molecule has 0 bridgehead atoms. The molecule has 2 aliphatic heterocycles. The first-order valence-electron chi connectivity index (χ1n) is 9.55. The lowest BCUT2D eigenvalue weighted by Gasteiger charge is -2.13. The largest absolute Gasteiger partial charge is 0.454 e. The van der Waals surface area contributed by atoms with E-state index in [-0.39, 0.29) is 25.7 Å². The summed E-state index contributed by atoms with van der Waals surface area (Å²) in [5.74, 6) is 1.26. The Morgan fingerprint density at radius 2 is 1.93 bits per heavy atom. The standard InChI is InChI=1S/C21H21N3O5S/c25-19(22-8-9-30-15-4-2-1-3-5-15)11-16-20(26)24(21(27)23-16)12-14-6-7-17-18(10-14)29-13-28-17/h1-7,10,16H,8-9,11-13H2,(H,22,25)(H,23,27)/t16-/m1/s1. The number of ether oxygens (including phenoxy) is 2. The summed E-state index contributed by atoms with van der Waals surface area (Å²) in [5, 5.41) is 5.38. The molecule has 1 fully saturated rings. The monoisotopic (exact) mass is 427 g/mol. The number of fused-ring (bicyclic) bond motifs is 1. The highest BCUT2D eigenvalue weighted by Gasteiger charge is 2.39. The van der Waals surface area contributed by atoms with Crippen molar-refractivity contribution in [3.8, 4) is 11.5 Å². The Balaban J connectivity index is 1.24. The third-order valence-corrected chi connectivity index (χ3v) is 5.72. The third kappa shape index (κ3) is 4.68. The molecule has 2 heterocycles. The maximum absolute atomic E-state index is 12.6. The Kier molecular flexibility index (Phi) is 6.08. The Morgan fingerprint density at radius 1 is 1.13 bits per heavy atom. The van der Waals surface area contributed by atoms with Crippen LogP contribution < -0.4 is 20.1 Å². The van der Waals surface area contributed by atoms with Gasteiger partial charge in [0.05, 0.1) is 13.0 Å². The van der Waals surface area contributed by atoms with E-state index >= 15 is 0 Å². The number of urea groups is 1. The van der Waals surface area contributed by atoms with Gasteiger partial charge < -0.3 is 20.1 Å². The van der Waals surface area contributed by atoms with Crippen molar-refractivity contribution in [3.63, 3.8) is 0 Å². The van der Waals surface area contributed by atoms with Crippen molar-refractivity contribution in [2.45, 2.75) is 23.9 Å². The molecule has 9 heteroatoms. The van der Waals surface area contributed by atoms with Crippen LogP contribution in [0, 0.1) is 0 Å². The smallest absolute Gasteiger partial charge is 0.325 e. The second kappa shape index (κ2) is 9.08. The zero-order chi connectivity index (χ0) is 20.9. The highest BCUT2D eigenvalue weighted by molar-refractivity contribution is 7.99. The Labute approximate surface area is 177 Å². The maximum atomic E-state index is 12.6. The third-order valence-electron chi connectivity index (χ3n) is 4.71. The summed E-state index contributed by atoms with van der Waals surface area (Å²) in [6.45, 7) is 0.740. The van der Waals surface area contributed by atoms with Gasteiger partial charge in [0.1, 0.15) is 6.04 Å². The van der Waals surface area contributed by atoms with Crippen LogP contribution in [0.3, 0.4) is 0 Å². The number of carbonyl (C=O) groups excluding carboxylic acids is 3. The number of thioether (sulfide) groups is 1. The van der Waals surface area contributed by atoms with Gasteiger partial charge in [-0.25, -0.2) is 4.79 Å². The van der Waals surface area contributed by atoms with Crippen LogP contribution >= 0.6 is 11.8 Å². The van der Waals surface area contributed by atoms with Crippen LogP contribution in [0.2, 0.25) is 0 Å². The van der Waals surface area contributed by atoms with E-state index in [1.807, 2.05) is 30.3 Å². The van der Waals surface area contributed by atoms with Gasteiger partial charge in [0.25, 0.3) is 5.91 Å². The Bertz CT molecular complexity index is 953. The molecule has 0 aliphatic carbocycles. The molecule has 1 saturated heterocycles. The summed E-state index contributed by atoms with van der Waals surface area (Å²) in [6.07, 6.45) is -0.0851. The average Bonchev–Trinajstić information content (AvgIpc) is 3.32. The molecule has 156 valence electrons. The number of benzene rings is 2. The van der Waals surface area contributed by atoms with Crippen LogP contribution in [0.1, 0.15) is 12.0 Å². The molecule has 8 nitrogen and oxygen atoms in total. The summed E-state index contributed by atoms with van der Waals surface area (Å²) in [6, 6.07) is 13.8. The van der Waals surface area contributed by atoms with E-state index in [1.54, 1.807) is 30.0 Å². The number of amides is 4. The van der Waals surface area contributed by atoms with Crippen LogP contribution in [0.4, 0.5) is 4.79 Å². The van der Waals surface area contributed by atoms with E-state index in [9.17, 15) is 14.4 Å². The zero-order valence-electron chi connectivity index (χ0n) is 16.1. The lowest BCUT2D eigenvalue weighted by Crippen LogP contribution is -2.37. The summed E-state index contributed by atoms with van der Waals surface area (Å²) in [5.41, 5.74) is 0.741. The first-order chi connectivity index (χ1) is 14.6. The van der Waals surface area contributed by atoms with Crippen molar-refractivity contribution in [3.05, 3.63) is 54.1 Å². The molecular weight excluding hydrogens is 406 g/mol. The average molecular weight is 427 g/mol. The minimum absolute atomic E-state index is 0.0851.